The molecule has 0 bridgehead atoms. The second-order valence-electron chi connectivity index (χ2n) is 4.00. The van der Waals surface area contributed by atoms with Crippen LogP contribution in [0.15, 0.2) is 29.2 Å². The van der Waals surface area contributed by atoms with Crippen LogP contribution in [0.1, 0.15) is 18.4 Å². The van der Waals surface area contributed by atoms with Crippen LogP contribution in [0.3, 0.4) is 0 Å². The molecule has 1 aromatic rings. The summed E-state index contributed by atoms with van der Waals surface area (Å²) in [6, 6.07) is 7.99. The minimum Gasteiger partial charge on any atom is -0.392 e. The predicted molar refractivity (Wildman–Crippen MR) is 64.6 cm³/mol. The zero-order chi connectivity index (χ0) is 11.5. The lowest BCUT2D eigenvalue weighted by atomic mass is 10.0. The van der Waals surface area contributed by atoms with Crippen molar-refractivity contribution >= 4 is 17.7 Å². The summed E-state index contributed by atoms with van der Waals surface area (Å²) >= 11 is 1.72. The molecule has 0 aliphatic carbocycles. The summed E-state index contributed by atoms with van der Waals surface area (Å²) < 4.78 is 0. The maximum absolute atomic E-state index is 11.9. The van der Waals surface area contributed by atoms with Gasteiger partial charge in [0.25, 0.3) is 0 Å². The first kappa shape index (κ1) is 11.5. The smallest absolute Gasteiger partial charge is 0.228 e. The average molecular weight is 237 g/mol. The molecule has 1 heterocycles. The minimum absolute atomic E-state index is 0.0124. The molecule has 0 radical (unpaired) electrons. The molecule has 0 saturated carbocycles. The molecule has 0 fully saturated rings. The van der Waals surface area contributed by atoms with E-state index in [1.807, 2.05) is 24.3 Å². The Bertz CT molecular complexity index is 392. The summed E-state index contributed by atoms with van der Waals surface area (Å²) in [6.07, 6.45) is -0.492. The molecule has 0 spiro atoms. The van der Waals surface area contributed by atoms with Crippen molar-refractivity contribution in [3.05, 3.63) is 29.8 Å². The van der Waals surface area contributed by atoms with Crippen LogP contribution in [0.5, 0.6) is 0 Å². The highest BCUT2D eigenvalue weighted by Gasteiger charge is 2.28. The number of aliphatic hydroxyl groups is 1. The van der Waals surface area contributed by atoms with E-state index < -0.39 is 6.10 Å². The van der Waals surface area contributed by atoms with Gasteiger partial charge in [0.2, 0.25) is 5.91 Å². The number of benzene rings is 1. The summed E-state index contributed by atoms with van der Waals surface area (Å²) in [5.74, 6) is 0.739. The lowest BCUT2D eigenvalue weighted by molar-refractivity contribution is -0.122. The number of aliphatic hydroxyl groups excluding tert-OH is 1. The monoisotopic (exact) mass is 237 g/mol. The first-order valence-electron chi connectivity index (χ1n) is 5.36. The fraction of sp³-hybridized carbons (Fsp3) is 0.417. The fourth-order valence-electron chi connectivity index (χ4n) is 1.75. The van der Waals surface area contributed by atoms with Crippen molar-refractivity contribution < 1.29 is 9.90 Å². The molecule has 3 nitrogen and oxygen atoms in total. The predicted octanol–water partition coefficient (Wildman–Crippen LogP) is 1.37. The average Bonchev–Trinajstić information content (AvgIpc) is 2.69. The topological polar surface area (TPSA) is 49.3 Å². The van der Waals surface area contributed by atoms with Gasteiger partial charge in [-0.3, -0.25) is 4.79 Å². The molecule has 1 aliphatic heterocycles. The highest BCUT2D eigenvalue weighted by atomic mass is 32.2. The molecule has 16 heavy (non-hydrogen) atoms. The number of amides is 1. The molecule has 2 unspecified atom stereocenters. The lowest BCUT2D eigenvalue weighted by Crippen LogP contribution is -2.34. The van der Waals surface area contributed by atoms with Gasteiger partial charge in [-0.15, -0.1) is 11.8 Å². The number of hydrogen-bond acceptors (Lipinski definition) is 3. The largest absolute Gasteiger partial charge is 0.392 e. The Morgan fingerprint density at radius 3 is 3.12 bits per heavy atom. The quantitative estimate of drug-likeness (QED) is 0.835. The standard InChI is InChI=1S/C12H15NO2S/c1-8(14)6-13-12(15)10-7-16-11-5-3-2-4-9(10)11/h2-5,8,10,14H,6-7H2,1H3,(H,13,15). The Morgan fingerprint density at radius 1 is 1.62 bits per heavy atom. The molecule has 1 amide bonds. The van der Waals surface area contributed by atoms with E-state index in [1.54, 1.807) is 18.7 Å². The maximum atomic E-state index is 11.9. The molecule has 0 saturated heterocycles. The van der Waals surface area contributed by atoms with Crippen LogP contribution >= 0.6 is 11.8 Å². The van der Waals surface area contributed by atoms with Crippen molar-refractivity contribution in [2.75, 3.05) is 12.3 Å². The first-order valence-corrected chi connectivity index (χ1v) is 6.34. The number of nitrogens with one attached hydrogen (secondary N) is 1. The van der Waals surface area contributed by atoms with E-state index in [1.165, 1.54) is 4.90 Å². The number of fused-ring (bicyclic) bond motifs is 1. The second-order valence-corrected chi connectivity index (χ2v) is 5.06. The molecular weight excluding hydrogens is 222 g/mol. The van der Waals surface area contributed by atoms with E-state index in [0.717, 1.165) is 11.3 Å². The Labute approximate surface area is 99.2 Å². The molecule has 2 rings (SSSR count). The third kappa shape index (κ3) is 2.39. The molecule has 2 atom stereocenters. The van der Waals surface area contributed by atoms with Crippen LogP contribution in [-0.4, -0.2) is 29.4 Å². The van der Waals surface area contributed by atoms with Crippen LogP contribution in [0.4, 0.5) is 0 Å². The number of carbonyl (C=O) groups excluding carboxylic acids is 1. The zero-order valence-corrected chi connectivity index (χ0v) is 9.96. The van der Waals surface area contributed by atoms with Gasteiger partial charge < -0.3 is 10.4 Å². The highest BCUT2D eigenvalue weighted by molar-refractivity contribution is 7.99. The number of hydrogen-bond donors (Lipinski definition) is 2. The fourth-order valence-corrected chi connectivity index (χ4v) is 2.98. The maximum Gasteiger partial charge on any atom is 0.228 e. The number of thioether (sulfide) groups is 1. The second kappa shape index (κ2) is 4.89. The molecule has 1 aromatic carbocycles. The Balaban J connectivity index is 2.04. The van der Waals surface area contributed by atoms with E-state index in [-0.39, 0.29) is 11.8 Å². The van der Waals surface area contributed by atoms with Gasteiger partial charge in [0.05, 0.1) is 12.0 Å². The molecule has 2 N–H and O–H groups in total. The zero-order valence-electron chi connectivity index (χ0n) is 9.14. The Morgan fingerprint density at radius 2 is 2.38 bits per heavy atom. The van der Waals surface area contributed by atoms with Crippen LogP contribution in [0, 0.1) is 0 Å². The van der Waals surface area contributed by atoms with Gasteiger partial charge in [0.15, 0.2) is 0 Å². The lowest BCUT2D eigenvalue weighted by Gasteiger charge is -2.12. The molecule has 1 aliphatic rings. The van der Waals surface area contributed by atoms with Crippen molar-refractivity contribution in [1.82, 2.24) is 5.32 Å². The van der Waals surface area contributed by atoms with Gasteiger partial charge >= 0.3 is 0 Å². The summed E-state index contributed by atoms with van der Waals surface area (Å²) in [4.78, 5) is 13.1. The summed E-state index contributed by atoms with van der Waals surface area (Å²) in [6.45, 7) is 1.99. The Kier molecular flexibility index (Phi) is 3.51. The summed E-state index contributed by atoms with van der Waals surface area (Å²) in [5.41, 5.74) is 1.11. The van der Waals surface area contributed by atoms with E-state index in [0.29, 0.717) is 6.54 Å². The third-order valence-corrected chi connectivity index (χ3v) is 3.77. The minimum atomic E-state index is -0.492. The molecular formula is C12H15NO2S. The highest BCUT2D eigenvalue weighted by Crippen LogP contribution is 2.39. The van der Waals surface area contributed by atoms with Crippen molar-refractivity contribution in [1.29, 1.82) is 0 Å². The van der Waals surface area contributed by atoms with Gasteiger partial charge in [-0.25, -0.2) is 0 Å². The Hall–Kier alpha value is -1.00. The normalized spacial score (nSPS) is 20.2. The number of carbonyl (C=O) groups is 1. The van der Waals surface area contributed by atoms with Gasteiger partial charge in [0.1, 0.15) is 0 Å². The van der Waals surface area contributed by atoms with Crippen LogP contribution < -0.4 is 5.32 Å². The van der Waals surface area contributed by atoms with Crippen molar-refractivity contribution in [2.24, 2.45) is 0 Å². The van der Waals surface area contributed by atoms with E-state index in [4.69, 9.17) is 5.11 Å². The van der Waals surface area contributed by atoms with Gasteiger partial charge in [-0.1, -0.05) is 18.2 Å². The first-order chi connectivity index (χ1) is 7.68. The van der Waals surface area contributed by atoms with Gasteiger partial charge in [0, 0.05) is 17.2 Å². The van der Waals surface area contributed by atoms with E-state index in [9.17, 15) is 4.79 Å². The SMILES string of the molecule is CC(O)CNC(=O)C1CSc2ccccc21. The van der Waals surface area contributed by atoms with Crippen molar-refractivity contribution in [2.45, 2.75) is 23.8 Å². The summed E-state index contributed by atoms with van der Waals surface area (Å²) in [7, 11) is 0. The van der Waals surface area contributed by atoms with Crippen LogP contribution in [0.2, 0.25) is 0 Å². The number of rotatable bonds is 3. The third-order valence-electron chi connectivity index (χ3n) is 2.59. The van der Waals surface area contributed by atoms with Crippen LogP contribution in [0.25, 0.3) is 0 Å². The van der Waals surface area contributed by atoms with Crippen molar-refractivity contribution in [3.8, 4) is 0 Å². The van der Waals surface area contributed by atoms with Crippen LogP contribution in [-0.2, 0) is 4.79 Å². The van der Waals surface area contributed by atoms with Gasteiger partial charge in [-0.2, -0.15) is 0 Å². The molecule has 4 heteroatoms. The summed E-state index contributed by atoms with van der Waals surface area (Å²) in [5, 5.41) is 11.9. The van der Waals surface area contributed by atoms with Gasteiger partial charge in [-0.05, 0) is 18.6 Å². The molecule has 86 valence electrons. The van der Waals surface area contributed by atoms with E-state index in [2.05, 4.69) is 5.32 Å². The van der Waals surface area contributed by atoms with E-state index >= 15 is 0 Å². The van der Waals surface area contributed by atoms with Crippen molar-refractivity contribution in [3.63, 3.8) is 0 Å². The molecule has 0 aromatic heterocycles.